The first-order valence-electron chi connectivity index (χ1n) is 4.30. The molecule has 0 saturated heterocycles. The average Bonchev–Trinajstić information content (AvgIpc) is 2.13. The molecule has 80 valence electrons. The molecule has 0 heterocycles. The highest BCUT2D eigenvalue weighted by Gasteiger charge is 2.08. The van der Waals surface area contributed by atoms with Gasteiger partial charge < -0.3 is 4.74 Å². The number of carbonyl (C=O) groups is 1. The minimum absolute atomic E-state index is 0.0488. The van der Waals surface area contributed by atoms with E-state index in [0.29, 0.717) is 6.42 Å². The van der Waals surface area contributed by atoms with Crippen LogP contribution in [0.1, 0.15) is 26.2 Å². The van der Waals surface area contributed by atoms with Gasteiger partial charge >= 0.3 is 14.2 Å². The van der Waals surface area contributed by atoms with Gasteiger partial charge in [-0.25, -0.2) is 0 Å². The maximum atomic E-state index is 10.9. The van der Waals surface area contributed by atoms with Gasteiger partial charge in [0.25, 0.3) is 0 Å². The van der Waals surface area contributed by atoms with Crippen molar-refractivity contribution in [3.05, 3.63) is 12.3 Å². The first kappa shape index (κ1) is 13.2. The highest BCUT2D eigenvalue weighted by Crippen LogP contribution is 2.13. The van der Waals surface area contributed by atoms with E-state index in [4.69, 9.17) is 4.89 Å². The third-order valence-corrected chi connectivity index (χ3v) is 1.68. The molecule has 0 radical (unpaired) electrons. The first-order chi connectivity index (χ1) is 6.66. The van der Waals surface area contributed by atoms with Crippen molar-refractivity contribution >= 4 is 14.2 Å². The zero-order valence-corrected chi connectivity index (χ0v) is 8.90. The molecule has 0 aliphatic rings. The average molecular weight is 221 g/mol. The van der Waals surface area contributed by atoms with Crippen LogP contribution in [0, 0.1) is 0 Å². The zero-order valence-electron chi connectivity index (χ0n) is 8.01. The Balaban J connectivity index is 3.41. The molecule has 0 saturated carbocycles. The van der Waals surface area contributed by atoms with E-state index in [2.05, 4.69) is 9.26 Å². The molecule has 0 amide bonds. The van der Waals surface area contributed by atoms with Crippen molar-refractivity contribution in [3.63, 3.8) is 0 Å². The molecule has 0 spiro atoms. The number of ether oxygens (including phenoxy) is 1. The standard InChI is InChI=1S/C8H13O5P/c1-2-3-5-8(9)12-6-4-7-13-14(10)11/h4,6H,2-3,5,7H2,1H3/p+1/b6-4+. The summed E-state index contributed by atoms with van der Waals surface area (Å²) >= 11 is 0. The normalized spacial score (nSPS) is 11.7. The smallest absolute Gasteiger partial charge is 0.435 e. The van der Waals surface area contributed by atoms with E-state index in [-0.39, 0.29) is 12.6 Å². The lowest BCUT2D eigenvalue weighted by Crippen LogP contribution is -1.98. The monoisotopic (exact) mass is 221 g/mol. The number of esters is 1. The minimum Gasteiger partial charge on any atom is -0.435 e. The highest BCUT2D eigenvalue weighted by atomic mass is 31.1. The molecule has 0 aromatic rings. The Labute approximate surface area is 83.7 Å². The van der Waals surface area contributed by atoms with Gasteiger partial charge in [-0.2, -0.15) is 0 Å². The van der Waals surface area contributed by atoms with Gasteiger partial charge in [-0.05, 0) is 12.5 Å². The fourth-order valence-electron chi connectivity index (χ4n) is 0.650. The lowest BCUT2D eigenvalue weighted by atomic mass is 10.3. The van der Waals surface area contributed by atoms with E-state index in [1.807, 2.05) is 6.92 Å². The molecule has 0 fully saturated rings. The van der Waals surface area contributed by atoms with Crippen LogP contribution in [0.15, 0.2) is 12.3 Å². The van der Waals surface area contributed by atoms with E-state index in [0.717, 1.165) is 19.1 Å². The Morgan fingerprint density at radius 1 is 1.57 bits per heavy atom. The summed E-state index contributed by atoms with van der Waals surface area (Å²) in [5, 5.41) is 0. The lowest BCUT2D eigenvalue weighted by Gasteiger charge is -1.95. The van der Waals surface area contributed by atoms with Crippen molar-refractivity contribution in [1.82, 2.24) is 0 Å². The van der Waals surface area contributed by atoms with Gasteiger partial charge in [0.15, 0.2) is 0 Å². The van der Waals surface area contributed by atoms with Gasteiger partial charge in [-0.15, -0.1) is 9.42 Å². The molecule has 0 rings (SSSR count). The molecule has 14 heavy (non-hydrogen) atoms. The van der Waals surface area contributed by atoms with Crippen molar-refractivity contribution in [2.24, 2.45) is 0 Å². The van der Waals surface area contributed by atoms with Crippen LogP contribution in [-0.4, -0.2) is 17.5 Å². The lowest BCUT2D eigenvalue weighted by molar-refractivity contribution is -0.138. The maximum Gasteiger partial charge on any atom is 0.695 e. The van der Waals surface area contributed by atoms with Crippen LogP contribution in [-0.2, 0) is 18.6 Å². The van der Waals surface area contributed by atoms with Crippen molar-refractivity contribution < 1.29 is 23.5 Å². The van der Waals surface area contributed by atoms with Gasteiger partial charge in [-0.1, -0.05) is 13.3 Å². The molecule has 0 aromatic heterocycles. The van der Waals surface area contributed by atoms with E-state index in [1.54, 1.807) is 0 Å². The Morgan fingerprint density at radius 3 is 2.86 bits per heavy atom. The second kappa shape index (κ2) is 8.81. The number of hydrogen-bond donors (Lipinski definition) is 1. The van der Waals surface area contributed by atoms with Gasteiger partial charge in [0, 0.05) is 11.0 Å². The Kier molecular flexibility index (Phi) is 8.33. The third kappa shape index (κ3) is 9.32. The molecule has 1 unspecified atom stereocenters. The molecule has 0 bridgehead atoms. The molecule has 6 heteroatoms. The van der Waals surface area contributed by atoms with Crippen molar-refractivity contribution in [2.75, 3.05) is 6.61 Å². The van der Waals surface area contributed by atoms with Crippen LogP contribution in [0.4, 0.5) is 0 Å². The minimum atomic E-state index is -2.58. The fourth-order valence-corrected chi connectivity index (χ4v) is 0.864. The van der Waals surface area contributed by atoms with E-state index < -0.39 is 8.25 Å². The summed E-state index contributed by atoms with van der Waals surface area (Å²) in [6.07, 6.45) is 4.64. The summed E-state index contributed by atoms with van der Waals surface area (Å²) in [5.41, 5.74) is 0. The van der Waals surface area contributed by atoms with Gasteiger partial charge in [0.1, 0.15) is 6.61 Å². The summed E-state index contributed by atoms with van der Waals surface area (Å²) in [5.74, 6) is -0.309. The van der Waals surface area contributed by atoms with Crippen LogP contribution in [0.25, 0.3) is 0 Å². The quantitative estimate of drug-likeness (QED) is 0.403. The van der Waals surface area contributed by atoms with Crippen LogP contribution in [0.2, 0.25) is 0 Å². The molecular formula is C8H14O5P+. The van der Waals surface area contributed by atoms with E-state index in [9.17, 15) is 9.36 Å². The topological polar surface area (TPSA) is 72.8 Å². The number of hydrogen-bond acceptors (Lipinski definition) is 4. The highest BCUT2D eigenvalue weighted by molar-refractivity contribution is 7.32. The fraction of sp³-hybridized carbons (Fsp3) is 0.625. The molecule has 0 aliphatic carbocycles. The van der Waals surface area contributed by atoms with Crippen LogP contribution in [0.3, 0.4) is 0 Å². The molecular weight excluding hydrogens is 207 g/mol. The van der Waals surface area contributed by atoms with Crippen molar-refractivity contribution in [3.8, 4) is 0 Å². The van der Waals surface area contributed by atoms with E-state index in [1.165, 1.54) is 6.08 Å². The van der Waals surface area contributed by atoms with E-state index >= 15 is 0 Å². The predicted molar refractivity (Wildman–Crippen MR) is 50.5 cm³/mol. The molecule has 5 nitrogen and oxygen atoms in total. The Hall–Kier alpha value is -0.770. The summed E-state index contributed by atoms with van der Waals surface area (Å²) < 4.78 is 19.0. The SMILES string of the molecule is CCCCC(=O)O/C=C/CO[P+](=O)O. The number of carbonyl (C=O) groups excluding carboxylic acids is 1. The molecule has 1 atom stereocenters. The molecule has 0 aliphatic heterocycles. The third-order valence-electron chi connectivity index (χ3n) is 1.31. The van der Waals surface area contributed by atoms with Gasteiger partial charge in [-0.3, -0.25) is 4.79 Å². The summed E-state index contributed by atoms with van der Waals surface area (Å²) in [6.45, 7) is 1.93. The van der Waals surface area contributed by atoms with Crippen LogP contribution < -0.4 is 0 Å². The Morgan fingerprint density at radius 2 is 2.29 bits per heavy atom. The number of rotatable bonds is 7. The summed E-state index contributed by atoms with van der Waals surface area (Å²) in [4.78, 5) is 19.1. The van der Waals surface area contributed by atoms with Crippen LogP contribution in [0.5, 0.6) is 0 Å². The van der Waals surface area contributed by atoms with Crippen LogP contribution >= 0.6 is 8.25 Å². The first-order valence-corrected chi connectivity index (χ1v) is 5.43. The summed E-state index contributed by atoms with van der Waals surface area (Å²) in [6, 6.07) is 0. The molecule has 1 N–H and O–H groups in total. The molecule has 0 aromatic carbocycles. The predicted octanol–water partition coefficient (Wildman–Crippen LogP) is 1.90. The summed E-state index contributed by atoms with van der Waals surface area (Å²) in [7, 11) is -2.58. The van der Waals surface area contributed by atoms with Gasteiger partial charge in [0.2, 0.25) is 0 Å². The second-order valence-corrected chi connectivity index (χ2v) is 3.23. The van der Waals surface area contributed by atoms with Gasteiger partial charge in [0.05, 0.1) is 6.26 Å². The van der Waals surface area contributed by atoms with Crippen molar-refractivity contribution in [2.45, 2.75) is 26.2 Å². The van der Waals surface area contributed by atoms with Crippen molar-refractivity contribution in [1.29, 1.82) is 0 Å². The number of unbranched alkanes of at least 4 members (excludes halogenated alkanes) is 1. The second-order valence-electron chi connectivity index (χ2n) is 2.50. The largest absolute Gasteiger partial charge is 0.695 e. The zero-order chi connectivity index (χ0) is 10.8. The Bertz CT molecular complexity index is 214. The maximum absolute atomic E-state index is 10.9.